The fourth-order valence-electron chi connectivity index (χ4n) is 1.19. The molecule has 16 heavy (non-hydrogen) atoms. The van der Waals surface area contributed by atoms with Gasteiger partial charge in [0, 0.05) is 5.54 Å². The van der Waals surface area contributed by atoms with E-state index < -0.39 is 29.8 Å². The molecule has 0 aliphatic heterocycles. The molecule has 0 rings (SSSR count). The molecule has 2 N–H and O–H groups in total. The number of nitrogens with one attached hydrogen (secondary N) is 1. The average Bonchev–Trinajstić information content (AvgIpc) is 1.98. The average molecular weight is 231 g/mol. The SMILES string of the molecule is CCOC(=O)CC(=O)NC(C)(C)CC(=O)O. The molecule has 0 radical (unpaired) electrons. The van der Waals surface area contributed by atoms with Crippen LogP contribution in [0.3, 0.4) is 0 Å². The van der Waals surface area contributed by atoms with Crippen LogP contribution in [0, 0.1) is 0 Å². The Morgan fingerprint density at radius 3 is 2.31 bits per heavy atom. The minimum atomic E-state index is -1.01. The van der Waals surface area contributed by atoms with Crippen molar-refractivity contribution in [2.45, 2.75) is 39.2 Å². The summed E-state index contributed by atoms with van der Waals surface area (Å²) in [5.41, 5.74) is -0.880. The molecule has 0 unspecified atom stereocenters. The number of carbonyl (C=O) groups is 3. The van der Waals surface area contributed by atoms with Crippen molar-refractivity contribution in [2.75, 3.05) is 6.61 Å². The fourth-order valence-corrected chi connectivity index (χ4v) is 1.19. The van der Waals surface area contributed by atoms with Crippen LogP contribution in [0.5, 0.6) is 0 Å². The molecule has 0 saturated heterocycles. The molecule has 0 aliphatic rings. The van der Waals surface area contributed by atoms with Crippen LogP contribution in [0.15, 0.2) is 0 Å². The first-order chi connectivity index (χ1) is 7.26. The van der Waals surface area contributed by atoms with Crippen LogP contribution in [-0.4, -0.2) is 35.1 Å². The van der Waals surface area contributed by atoms with E-state index in [1.165, 1.54) is 0 Å². The molecule has 0 aliphatic carbocycles. The third kappa shape index (κ3) is 6.80. The van der Waals surface area contributed by atoms with E-state index in [0.29, 0.717) is 0 Å². The molecule has 0 bridgehead atoms. The number of carboxylic acid groups (broad SMARTS) is 1. The lowest BCUT2D eigenvalue weighted by molar-refractivity contribution is -0.146. The summed E-state index contributed by atoms with van der Waals surface area (Å²) in [6.45, 7) is 5.00. The van der Waals surface area contributed by atoms with Gasteiger partial charge in [-0.15, -0.1) is 0 Å². The predicted molar refractivity (Wildman–Crippen MR) is 55.7 cm³/mol. The van der Waals surface area contributed by atoms with Crippen molar-refractivity contribution < 1.29 is 24.2 Å². The highest BCUT2D eigenvalue weighted by molar-refractivity contribution is 5.94. The molecule has 6 nitrogen and oxygen atoms in total. The van der Waals surface area contributed by atoms with Crippen LogP contribution >= 0.6 is 0 Å². The molecular formula is C10H17NO5. The van der Waals surface area contributed by atoms with Gasteiger partial charge in [-0.05, 0) is 20.8 Å². The van der Waals surface area contributed by atoms with Crippen molar-refractivity contribution in [3.63, 3.8) is 0 Å². The van der Waals surface area contributed by atoms with Crippen LogP contribution in [0.2, 0.25) is 0 Å². The number of hydrogen-bond donors (Lipinski definition) is 2. The zero-order valence-corrected chi connectivity index (χ0v) is 9.70. The number of rotatable bonds is 6. The highest BCUT2D eigenvalue weighted by atomic mass is 16.5. The van der Waals surface area contributed by atoms with Gasteiger partial charge in [-0.1, -0.05) is 0 Å². The van der Waals surface area contributed by atoms with E-state index in [2.05, 4.69) is 10.1 Å². The van der Waals surface area contributed by atoms with Crippen molar-refractivity contribution in [3.05, 3.63) is 0 Å². The maximum absolute atomic E-state index is 11.3. The molecule has 6 heteroatoms. The number of esters is 1. The quantitative estimate of drug-likeness (QED) is 0.507. The lowest BCUT2D eigenvalue weighted by Crippen LogP contribution is -2.45. The van der Waals surface area contributed by atoms with E-state index >= 15 is 0 Å². The second-order valence-electron chi connectivity index (χ2n) is 3.98. The highest BCUT2D eigenvalue weighted by Crippen LogP contribution is 2.08. The van der Waals surface area contributed by atoms with E-state index in [1.54, 1.807) is 20.8 Å². The van der Waals surface area contributed by atoms with E-state index in [1.807, 2.05) is 0 Å². The topological polar surface area (TPSA) is 92.7 Å². The Morgan fingerprint density at radius 1 is 1.31 bits per heavy atom. The van der Waals surface area contributed by atoms with Gasteiger partial charge < -0.3 is 15.2 Å². The number of carboxylic acids is 1. The van der Waals surface area contributed by atoms with Gasteiger partial charge in [-0.3, -0.25) is 14.4 Å². The third-order valence-electron chi connectivity index (χ3n) is 1.68. The molecule has 0 aromatic heterocycles. The van der Waals surface area contributed by atoms with Crippen molar-refractivity contribution >= 4 is 17.8 Å². The Hall–Kier alpha value is -1.59. The van der Waals surface area contributed by atoms with Crippen LogP contribution in [0.25, 0.3) is 0 Å². The standard InChI is InChI=1S/C10H17NO5/c1-4-16-9(15)5-7(12)11-10(2,3)6-8(13)14/h4-6H2,1-3H3,(H,11,12)(H,13,14). The summed E-state index contributed by atoms with van der Waals surface area (Å²) in [6, 6.07) is 0. The molecule has 0 spiro atoms. The Bertz CT molecular complexity index is 285. The zero-order chi connectivity index (χ0) is 12.8. The van der Waals surface area contributed by atoms with E-state index in [0.717, 1.165) is 0 Å². The molecule has 0 fully saturated rings. The molecule has 0 saturated carbocycles. The summed E-state index contributed by atoms with van der Waals surface area (Å²) in [6.07, 6.45) is -0.599. The Morgan fingerprint density at radius 2 is 1.88 bits per heavy atom. The lowest BCUT2D eigenvalue weighted by atomic mass is 10.0. The number of ether oxygens (including phenoxy) is 1. The number of hydrogen-bond acceptors (Lipinski definition) is 4. The van der Waals surface area contributed by atoms with Crippen LogP contribution in [0.1, 0.15) is 33.6 Å². The van der Waals surface area contributed by atoms with Gasteiger partial charge in [-0.25, -0.2) is 0 Å². The highest BCUT2D eigenvalue weighted by Gasteiger charge is 2.24. The molecule has 92 valence electrons. The summed E-state index contributed by atoms with van der Waals surface area (Å²) in [4.78, 5) is 32.8. The van der Waals surface area contributed by atoms with Gasteiger partial charge in [0.25, 0.3) is 0 Å². The van der Waals surface area contributed by atoms with E-state index in [9.17, 15) is 14.4 Å². The van der Waals surface area contributed by atoms with Crippen molar-refractivity contribution in [2.24, 2.45) is 0 Å². The van der Waals surface area contributed by atoms with E-state index in [-0.39, 0.29) is 13.0 Å². The van der Waals surface area contributed by atoms with Crippen LogP contribution in [0.4, 0.5) is 0 Å². The van der Waals surface area contributed by atoms with Gasteiger partial charge in [0.15, 0.2) is 0 Å². The monoisotopic (exact) mass is 231 g/mol. The third-order valence-corrected chi connectivity index (χ3v) is 1.68. The summed E-state index contributed by atoms with van der Waals surface area (Å²) in [5.74, 6) is -2.17. The van der Waals surface area contributed by atoms with Gasteiger partial charge >= 0.3 is 11.9 Å². The normalized spacial score (nSPS) is 10.7. The minimum absolute atomic E-state index is 0.207. The van der Waals surface area contributed by atoms with Crippen LogP contribution in [-0.2, 0) is 19.1 Å². The summed E-state index contributed by atoms with van der Waals surface area (Å²) in [7, 11) is 0. The van der Waals surface area contributed by atoms with Crippen molar-refractivity contribution in [3.8, 4) is 0 Å². The predicted octanol–water partition coefficient (Wildman–Crippen LogP) is 0.309. The number of aliphatic carboxylic acids is 1. The molecule has 0 aromatic rings. The van der Waals surface area contributed by atoms with Crippen molar-refractivity contribution in [1.29, 1.82) is 0 Å². The first-order valence-corrected chi connectivity index (χ1v) is 4.95. The first-order valence-electron chi connectivity index (χ1n) is 4.95. The summed E-state index contributed by atoms with van der Waals surface area (Å²) in [5, 5.41) is 11.0. The number of amides is 1. The van der Waals surface area contributed by atoms with E-state index in [4.69, 9.17) is 5.11 Å². The lowest BCUT2D eigenvalue weighted by Gasteiger charge is -2.23. The smallest absolute Gasteiger partial charge is 0.315 e. The van der Waals surface area contributed by atoms with Crippen LogP contribution < -0.4 is 5.32 Å². The fraction of sp³-hybridized carbons (Fsp3) is 0.700. The maximum atomic E-state index is 11.3. The molecule has 0 aromatic carbocycles. The Kier molecular flexibility index (Phi) is 5.49. The molecule has 1 amide bonds. The summed E-state index contributed by atoms with van der Waals surface area (Å²) < 4.78 is 4.59. The molecular weight excluding hydrogens is 214 g/mol. The largest absolute Gasteiger partial charge is 0.481 e. The van der Waals surface area contributed by atoms with Gasteiger partial charge in [-0.2, -0.15) is 0 Å². The second kappa shape index (κ2) is 6.09. The molecule has 0 atom stereocenters. The van der Waals surface area contributed by atoms with Crippen molar-refractivity contribution in [1.82, 2.24) is 5.32 Å². The first kappa shape index (κ1) is 14.4. The maximum Gasteiger partial charge on any atom is 0.315 e. The van der Waals surface area contributed by atoms with Gasteiger partial charge in [0.05, 0.1) is 13.0 Å². The zero-order valence-electron chi connectivity index (χ0n) is 9.70. The minimum Gasteiger partial charge on any atom is -0.481 e. The van der Waals surface area contributed by atoms with Gasteiger partial charge in [0.1, 0.15) is 6.42 Å². The summed E-state index contributed by atoms with van der Waals surface area (Å²) >= 11 is 0. The number of carbonyl (C=O) groups excluding carboxylic acids is 2. The Balaban J connectivity index is 4.13. The second-order valence-corrected chi connectivity index (χ2v) is 3.98. The Labute approximate surface area is 94.0 Å². The van der Waals surface area contributed by atoms with Gasteiger partial charge in [0.2, 0.25) is 5.91 Å². The molecule has 0 heterocycles.